The van der Waals surface area contributed by atoms with E-state index in [1.807, 2.05) is 7.05 Å². The van der Waals surface area contributed by atoms with Crippen LogP contribution in [0, 0.1) is 11.3 Å². The molecule has 5 nitrogen and oxygen atoms in total. The molecular formula is C25H36N4O. The molecule has 1 aromatic carbocycles. The summed E-state index contributed by atoms with van der Waals surface area (Å²) in [5.74, 6) is 0.123. The van der Waals surface area contributed by atoms with E-state index in [1.165, 1.54) is 37.7 Å². The number of likely N-dealkylation sites (tertiary alicyclic amines) is 2. The van der Waals surface area contributed by atoms with E-state index in [0.717, 1.165) is 45.3 Å². The molecule has 0 radical (unpaired) electrons. The Morgan fingerprint density at radius 1 is 1.03 bits per heavy atom. The topological polar surface area (TPSA) is 50.6 Å². The SMILES string of the molecule is CN(C(=O)CN1CCCC1C1CCCN1Cc1ccccc1)C1(C#N)CCCCC1. The normalized spacial score (nSPS) is 27.1. The number of carbonyl (C=O) groups excluding carboxylic acids is 1. The summed E-state index contributed by atoms with van der Waals surface area (Å²) in [6.45, 7) is 3.61. The van der Waals surface area contributed by atoms with Crippen LogP contribution in [0.4, 0.5) is 0 Å². The molecule has 1 aliphatic carbocycles. The van der Waals surface area contributed by atoms with Crippen LogP contribution in [0.3, 0.4) is 0 Å². The molecule has 0 bridgehead atoms. The molecule has 1 saturated carbocycles. The number of benzene rings is 1. The van der Waals surface area contributed by atoms with E-state index >= 15 is 0 Å². The van der Waals surface area contributed by atoms with Gasteiger partial charge in [-0.3, -0.25) is 14.6 Å². The second-order valence-corrected chi connectivity index (χ2v) is 9.50. The van der Waals surface area contributed by atoms with Gasteiger partial charge in [0.25, 0.3) is 0 Å². The summed E-state index contributed by atoms with van der Waals surface area (Å²) >= 11 is 0. The molecule has 4 rings (SSSR count). The second kappa shape index (κ2) is 9.49. The molecule has 2 aliphatic heterocycles. The van der Waals surface area contributed by atoms with Crippen LogP contribution in [-0.2, 0) is 11.3 Å². The number of nitrogens with zero attached hydrogens (tertiary/aromatic N) is 4. The van der Waals surface area contributed by atoms with Crippen molar-refractivity contribution in [3.05, 3.63) is 35.9 Å². The summed E-state index contributed by atoms with van der Waals surface area (Å²) in [7, 11) is 1.86. The second-order valence-electron chi connectivity index (χ2n) is 9.50. The maximum Gasteiger partial charge on any atom is 0.237 e. The zero-order valence-corrected chi connectivity index (χ0v) is 18.4. The lowest BCUT2D eigenvalue weighted by Gasteiger charge is -2.41. The first-order valence-electron chi connectivity index (χ1n) is 11.8. The van der Waals surface area contributed by atoms with Crippen molar-refractivity contribution in [2.75, 3.05) is 26.7 Å². The predicted octanol–water partition coefficient (Wildman–Crippen LogP) is 3.80. The highest BCUT2D eigenvalue weighted by atomic mass is 16.2. The van der Waals surface area contributed by atoms with Crippen LogP contribution < -0.4 is 0 Å². The first-order chi connectivity index (χ1) is 14.6. The largest absolute Gasteiger partial charge is 0.326 e. The Balaban J connectivity index is 1.40. The van der Waals surface area contributed by atoms with Crippen LogP contribution in [0.25, 0.3) is 0 Å². The van der Waals surface area contributed by atoms with Crippen molar-refractivity contribution in [1.82, 2.24) is 14.7 Å². The van der Waals surface area contributed by atoms with Crippen molar-refractivity contribution in [1.29, 1.82) is 5.26 Å². The van der Waals surface area contributed by atoms with Gasteiger partial charge in [0.15, 0.2) is 0 Å². The summed E-state index contributed by atoms with van der Waals surface area (Å²) in [5, 5.41) is 9.86. The summed E-state index contributed by atoms with van der Waals surface area (Å²) in [6.07, 6.45) is 9.73. The molecule has 3 fully saturated rings. The molecule has 2 saturated heterocycles. The van der Waals surface area contributed by atoms with E-state index in [-0.39, 0.29) is 5.91 Å². The minimum atomic E-state index is -0.586. The monoisotopic (exact) mass is 408 g/mol. The summed E-state index contributed by atoms with van der Waals surface area (Å²) in [6, 6.07) is 14.2. The highest BCUT2D eigenvalue weighted by molar-refractivity contribution is 5.79. The Morgan fingerprint density at radius 2 is 1.67 bits per heavy atom. The third-order valence-corrected chi connectivity index (χ3v) is 7.74. The fourth-order valence-electron chi connectivity index (χ4n) is 5.96. The highest BCUT2D eigenvalue weighted by Crippen LogP contribution is 2.34. The van der Waals surface area contributed by atoms with E-state index < -0.39 is 5.54 Å². The lowest BCUT2D eigenvalue weighted by molar-refractivity contribution is -0.136. The third kappa shape index (κ3) is 4.40. The molecule has 3 aliphatic rings. The van der Waals surface area contributed by atoms with Crippen molar-refractivity contribution < 1.29 is 4.79 Å². The molecule has 1 amide bonds. The number of likely N-dealkylation sites (N-methyl/N-ethyl adjacent to an activating group) is 1. The van der Waals surface area contributed by atoms with Gasteiger partial charge in [-0.05, 0) is 57.2 Å². The van der Waals surface area contributed by atoms with Crippen molar-refractivity contribution in [2.45, 2.75) is 82.0 Å². The molecule has 0 spiro atoms. The fourth-order valence-corrected chi connectivity index (χ4v) is 5.96. The van der Waals surface area contributed by atoms with Gasteiger partial charge in [-0.1, -0.05) is 49.6 Å². The van der Waals surface area contributed by atoms with Crippen molar-refractivity contribution in [3.8, 4) is 6.07 Å². The number of amides is 1. The highest BCUT2D eigenvalue weighted by Gasteiger charge is 2.42. The number of hydrogen-bond acceptors (Lipinski definition) is 4. The Morgan fingerprint density at radius 3 is 2.33 bits per heavy atom. The van der Waals surface area contributed by atoms with Crippen molar-refractivity contribution in [3.63, 3.8) is 0 Å². The molecule has 30 heavy (non-hydrogen) atoms. The van der Waals surface area contributed by atoms with Crippen LogP contribution in [0.1, 0.15) is 63.4 Å². The van der Waals surface area contributed by atoms with E-state index in [9.17, 15) is 10.1 Å². The van der Waals surface area contributed by atoms with Crippen LogP contribution >= 0.6 is 0 Å². The Kier molecular flexibility index (Phi) is 6.75. The summed E-state index contributed by atoms with van der Waals surface area (Å²) in [5.41, 5.74) is 0.787. The maximum absolute atomic E-state index is 13.2. The molecule has 2 heterocycles. The molecule has 0 aromatic heterocycles. The van der Waals surface area contributed by atoms with Gasteiger partial charge in [-0.15, -0.1) is 0 Å². The van der Waals surface area contributed by atoms with Gasteiger partial charge in [-0.2, -0.15) is 5.26 Å². The van der Waals surface area contributed by atoms with Crippen LogP contribution in [-0.4, -0.2) is 64.9 Å². The van der Waals surface area contributed by atoms with Crippen molar-refractivity contribution >= 4 is 5.91 Å². The summed E-state index contributed by atoms with van der Waals surface area (Å²) < 4.78 is 0. The predicted molar refractivity (Wildman–Crippen MR) is 119 cm³/mol. The average Bonchev–Trinajstić information content (AvgIpc) is 3.43. The van der Waals surface area contributed by atoms with Crippen LogP contribution in [0.5, 0.6) is 0 Å². The van der Waals surface area contributed by atoms with E-state index in [1.54, 1.807) is 4.90 Å². The molecule has 162 valence electrons. The Hall–Kier alpha value is -1.90. The first kappa shape index (κ1) is 21.3. The minimum absolute atomic E-state index is 0.123. The number of hydrogen-bond donors (Lipinski definition) is 0. The summed E-state index contributed by atoms with van der Waals surface area (Å²) in [4.78, 5) is 20.1. The van der Waals surface area contributed by atoms with E-state index in [4.69, 9.17) is 0 Å². The lowest BCUT2D eigenvalue weighted by atomic mass is 9.81. The van der Waals surface area contributed by atoms with Crippen LogP contribution in [0.2, 0.25) is 0 Å². The zero-order valence-electron chi connectivity index (χ0n) is 18.4. The van der Waals surface area contributed by atoms with Gasteiger partial charge < -0.3 is 4.90 Å². The van der Waals surface area contributed by atoms with Gasteiger partial charge in [0, 0.05) is 25.7 Å². The maximum atomic E-state index is 13.2. The quantitative estimate of drug-likeness (QED) is 0.718. The average molecular weight is 409 g/mol. The van der Waals surface area contributed by atoms with Gasteiger partial charge >= 0.3 is 0 Å². The molecule has 0 N–H and O–H groups in total. The third-order valence-electron chi connectivity index (χ3n) is 7.74. The smallest absolute Gasteiger partial charge is 0.237 e. The van der Waals surface area contributed by atoms with E-state index in [2.05, 4.69) is 46.2 Å². The van der Waals surface area contributed by atoms with Gasteiger partial charge in [-0.25, -0.2) is 0 Å². The molecule has 2 atom stereocenters. The number of rotatable bonds is 6. The zero-order chi connectivity index (χ0) is 21.0. The van der Waals surface area contributed by atoms with Gasteiger partial charge in [0.2, 0.25) is 5.91 Å². The lowest BCUT2D eigenvalue weighted by Crippen LogP contribution is -2.54. The van der Waals surface area contributed by atoms with Gasteiger partial charge in [0.05, 0.1) is 12.6 Å². The minimum Gasteiger partial charge on any atom is -0.326 e. The molecular weight excluding hydrogens is 372 g/mol. The molecule has 2 unspecified atom stereocenters. The molecule has 1 aromatic rings. The fraction of sp³-hybridized carbons (Fsp3) is 0.680. The van der Waals surface area contributed by atoms with Gasteiger partial charge in [0.1, 0.15) is 5.54 Å². The Bertz CT molecular complexity index is 752. The first-order valence-corrected chi connectivity index (χ1v) is 11.8. The standard InChI is InChI=1S/C25H36N4O/c1-27(25(20-26)14-6-3-7-15-25)24(30)19-29-17-9-13-23(29)22-12-8-16-28(22)18-21-10-4-2-5-11-21/h2,4-5,10-11,22-23H,3,6-9,12-19H2,1H3. The Labute approximate surface area is 181 Å². The van der Waals surface area contributed by atoms with Crippen molar-refractivity contribution in [2.24, 2.45) is 0 Å². The van der Waals surface area contributed by atoms with Crippen LogP contribution in [0.15, 0.2) is 30.3 Å². The van der Waals surface area contributed by atoms with E-state index in [0.29, 0.717) is 18.6 Å². The number of nitriles is 1. The number of carbonyl (C=O) groups is 1. The molecule has 5 heteroatoms.